The van der Waals surface area contributed by atoms with Gasteiger partial charge < -0.3 is 4.90 Å². The lowest BCUT2D eigenvalue weighted by molar-refractivity contribution is 0.602. The average molecular weight is 264 g/mol. The summed E-state index contributed by atoms with van der Waals surface area (Å²) in [6, 6.07) is 9.12. The van der Waals surface area contributed by atoms with Crippen LogP contribution in [0, 0.1) is 16.7 Å². The van der Waals surface area contributed by atoms with Gasteiger partial charge in [-0.2, -0.15) is 5.26 Å². The highest BCUT2D eigenvalue weighted by atomic mass is 32.2. The molecular formula is C13H16N2O2S. The number of hydrogen-bond acceptors (Lipinski definition) is 4. The van der Waals surface area contributed by atoms with E-state index in [1.165, 1.54) is 6.26 Å². The molecule has 1 aliphatic rings. The highest BCUT2D eigenvalue weighted by molar-refractivity contribution is 7.90. The Hall–Kier alpha value is -1.54. The lowest BCUT2D eigenvalue weighted by Crippen LogP contribution is -2.25. The van der Waals surface area contributed by atoms with Gasteiger partial charge in [0.15, 0.2) is 9.84 Å². The minimum atomic E-state index is -3.14. The summed E-state index contributed by atoms with van der Waals surface area (Å²) >= 11 is 0. The molecule has 0 N–H and O–H groups in total. The highest BCUT2D eigenvalue weighted by Gasteiger charge is 2.44. The van der Waals surface area contributed by atoms with E-state index < -0.39 is 9.84 Å². The van der Waals surface area contributed by atoms with Crippen LogP contribution in [0.3, 0.4) is 0 Å². The molecule has 4 nitrogen and oxygen atoms in total. The lowest BCUT2D eigenvalue weighted by Gasteiger charge is -2.21. The maximum Gasteiger partial charge on any atom is 0.175 e. The third-order valence-electron chi connectivity index (χ3n) is 3.34. The van der Waals surface area contributed by atoms with Crippen LogP contribution in [0.25, 0.3) is 0 Å². The molecule has 18 heavy (non-hydrogen) atoms. The third kappa shape index (κ3) is 2.65. The zero-order valence-corrected chi connectivity index (χ0v) is 11.4. The van der Waals surface area contributed by atoms with Crippen molar-refractivity contribution in [1.82, 2.24) is 0 Å². The molecule has 2 rings (SSSR count). The van der Waals surface area contributed by atoms with E-state index in [0.717, 1.165) is 18.5 Å². The molecule has 1 aliphatic carbocycles. The Morgan fingerprint density at radius 1 is 1.33 bits per heavy atom. The van der Waals surface area contributed by atoms with Crippen LogP contribution in [-0.4, -0.2) is 28.3 Å². The molecule has 0 amide bonds. The van der Waals surface area contributed by atoms with Gasteiger partial charge in [0.2, 0.25) is 0 Å². The first-order valence-corrected chi connectivity index (χ1v) is 7.68. The molecule has 1 aromatic carbocycles. The van der Waals surface area contributed by atoms with Crippen molar-refractivity contribution in [3.8, 4) is 6.07 Å². The molecule has 1 aromatic rings. The molecule has 96 valence electrons. The van der Waals surface area contributed by atoms with Crippen molar-refractivity contribution in [2.24, 2.45) is 5.41 Å². The number of sulfone groups is 1. The molecule has 0 aliphatic heterocycles. The van der Waals surface area contributed by atoms with Gasteiger partial charge in [-0.15, -0.1) is 0 Å². The Labute approximate surface area is 108 Å². The van der Waals surface area contributed by atoms with Gasteiger partial charge in [0.25, 0.3) is 0 Å². The summed E-state index contributed by atoms with van der Waals surface area (Å²) < 4.78 is 22.7. The second-order valence-electron chi connectivity index (χ2n) is 5.01. The third-order valence-corrected chi connectivity index (χ3v) is 4.46. The zero-order chi connectivity index (χ0) is 13.4. The molecule has 0 unspecified atom stereocenters. The van der Waals surface area contributed by atoms with Gasteiger partial charge in [0.1, 0.15) is 0 Å². The molecule has 0 radical (unpaired) electrons. The summed E-state index contributed by atoms with van der Waals surface area (Å²) in [6.07, 6.45) is 3.10. The second kappa shape index (κ2) is 4.29. The number of benzene rings is 1. The Morgan fingerprint density at radius 3 is 2.28 bits per heavy atom. The maximum atomic E-state index is 11.3. The molecule has 0 saturated heterocycles. The number of nitriles is 1. The first kappa shape index (κ1) is 12.9. The summed E-state index contributed by atoms with van der Waals surface area (Å²) in [5.41, 5.74) is 0.744. The largest absolute Gasteiger partial charge is 0.373 e. The topological polar surface area (TPSA) is 61.2 Å². The van der Waals surface area contributed by atoms with Crippen molar-refractivity contribution in [2.45, 2.75) is 17.7 Å². The van der Waals surface area contributed by atoms with Crippen LogP contribution in [-0.2, 0) is 9.84 Å². The van der Waals surface area contributed by atoms with Crippen LogP contribution in [0.5, 0.6) is 0 Å². The number of nitrogens with zero attached hydrogens (tertiary/aromatic N) is 2. The summed E-state index contributed by atoms with van der Waals surface area (Å²) in [7, 11) is -1.22. The smallest absolute Gasteiger partial charge is 0.175 e. The van der Waals surface area contributed by atoms with E-state index in [9.17, 15) is 8.42 Å². The van der Waals surface area contributed by atoms with Gasteiger partial charge in [-0.1, -0.05) is 0 Å². The minimum Gasteiger partial charge on any atom is -0.373 e. The summed E-state index contributed by atoms with van der Waals surface area (Å²) in [6.45, 7) is 0.696. The normalized spacial score (nSPS) is 16.9. The van der Waals surface area contributed by atoms with E-state index in [0.29, 0.717) is 11.4 Å². The zero-order valence-electron chi connectivity index (χ0n) is 10.5. The monoisotopic (exact) mass is 264 g/mol. The van der Waals surface area contributed by atoms with Gasteiger partial charge in [0.05, 0.1) is 16.4 Å². The van der Waals surface area contributed by atoms with Crippen molar-refractivity contribution in [2.75, 3.05) is 24.7 Å². The van der Waals surface area contributed by atoms with Crippen molar-refractivity contribution < 1.29 is 8.42 Å². The van der Waals surface area contributed by atoms with Gasteiger partial charge >= 0.3 is 0 Å². The molecule has 5 heteroatoms. The maximum absolute atomic E-state index is 11.3. The van der Waals surface area contributed by atoms with Crippen LogP contribution in [0.4, 0.5) is 5.69 Å². The average Bonchev–Trinajstić information content (AvgIpc) is 3.08. The van der Waals surface area contributed by atoms with Crippen LogP contribution in [0.2, 0.25) is 0 Å². The van der Waals surface area contributed by atoms with E-state index in [1.807, 2.05) is 11.9 Å². The fraction of sp³-hybridized carbons (Fsp3) is 0.462. The van der Waals surface area contributed by atoms with E-state index in [1.54, 1.807) is 24.3 Å². The number of hydrogen-bond donors (Lipinski definition) is 0. The fourth-order valence-corrected chi connectivity index (χ4v) is 2.58. The fourth-order valence-electron chi connectivity index (χ4n) is 1.95. The summed E-state index contributed by atoms with van der Waals surface area (Å²) in [4.78, 5) is 2.32. The first-order chi connectivity index (χ1) is 8.36. The van der Waals surface area contributed by atoms with Gasteiger partial charge in [-0.05, 0) is 37.1 Å². The summed E-state index contributed by atoms with van der Waals surface area (Å²) in [5.74, 6) is 0. The number of anilines is 1. The number of rotatable bonds is 4. The molecule has 1 fully saturated rings. The molecule has 0 bridgehead atoms. The van der Waals surface area contributed by atoms with Crippen molar-refractivity contribution in [3.63, 3.8) is 0 Å². The van der Waals surface area contributed by atoms with E-state index >= 15 is 0 Å². The van der Waals surface area contributed by atoms with Crippen LogP contribution in [0.15, 0.2) is 29.2 Å². The highest BCUT2D eigenvalue weighted by Crippen LogP contribution is 2.45. The Balaban J connectivity index is 2.13. The Bertz CT molecular complexity index is 580. The molecule has 1 saturated carbocycles. The molecule has 0 spiro atoms. The predicted octanol–water partition coefficient (Wildman–Crippen LogP) is 1.83. The second-order valence-corrected chi connectivity index (χ2v) is 7.03. The van der Waals surface area contributed by atoms with Crippen LogP contribution in [0.1, 0.15) is 12.8 Å². The van der Waals surface area contributed by atoms with Crippen molar-refractivity contribution >= 4 is 15.5 Å². The lowest BCUT2D eigenvalue weighted by atomic mass is 10.1. The SMILES string of the molecule is CN(CC1(C#N)CC1)c1ccc(S(C)(=O)=O)cc1. The Kier molecular flexibility index (Phi) is 3.07. The van der Waals surface area contributed by atoms with Gasteiger partial charge in [0, 0.05) is 25.5 Å². The molecular weight excluding hydrogens is 248 g/mol. The van der Waals surface area contributed by atoms with Crippen molar-refractivity contribution in [1.29, 1.82) is 5.26 Å². The minimum absolute atomic E-state index is 0.190. The van der Waals surface area contributed by atoms with Gasteiger partial charge in [-0.25, -0.2) is 8.42 Å². The summed E-state index contributed by atoms with van der Waals surface area (Å²) in [5, 5.41) is 9.05. The quantitative estimate of drug-likeness (QED) is 0.832. The molecule has 0 heterocycles. The van der Waals surface area contributed by atoms with Gasteiger partial charge in [-0.3, -0.25) is 0 Å². The van der Waals surface area contributed by atoms with Crippen LogP contribution >= 0.6 is 0 Å². The van der Waals surface area contributed by atoms with Crippen molar-refractivity contribution in [3.05, 3.63) is 24.3 Å². The van der Waals surface area contributed by atoms with E-state index in [-0.39, 0.29) is 5.41 Å². The standard InChI is InChI=1S/C13H16N2O2S/c1-15(10-13(9-14)7-8-13)11-3-5-12(6-4-11)18(2,16)17/h3-6H,7-8,10H2,1-2H3. The van der Waals surface area contributed by atoms with E-state index in [4.69, 9.17) is 5.26 Å². The first-order valence-electron chi connectivity index (χ1n) is 5.79. The molecule has 0 aromatic heterocycles. The molecule has 0 atom stereocenters. The van der Waals surface area contributed by atoms with E-state index in [2.05, 4.69) is 6.07 Å². The van der Waals surface area contributed by atoms with Crippen LogP contribution < -0.4 is 4.90 Å². The predicted molar refractivity (Wildman–Crippen MR) is 70.1 cm³/mol. The Morgan fingerprint density at radius 2 is 1.89 bits per heavy atom.